The van der Waals surface area contributed by atoms with Crippen LogP contribution in [0.4, 0.5) is 4.79 Å². The summed E-state index contributed by atoms with van der Waals surface area (Å²) < 4.78 is 5.77. The third kappa shape index (κ3) is 3.32. The van der Waals surface area contributed by atoms with Crippen molar-refractivity contribution in [2.45, 2.75) is 39.3 Å². The molecule has 3 rings (SSSR count). The van der Waals surface area contributed by atoms with E-state index in [1.807, 2.05) is 30.0 Å². The van der Waals surface area contributed by atoms with E-state index in [2.05, 4.69) is 29.1 Å². The number of ether oxygens (including phenoxy) is 1. The second-order valence-electron chi connectivity index (χ2n) is 6.39. The van der Waals surface area contributed by atoms with Gasteiger partial charge in [-0.2, -0.15) is 0 Å². The summed E-state index contributed by atoms with van der Waals surface area (Å²) >= 11 is 0. The number of fused-ring (bicyclic) bond motifs is 1. The third-order valence-electron chi connectivity index (χ3n) is 4.54. The second-order valence-corrected chi connectivity index (χ2v) is 6.39. The van der Waals surface area contributed by atoms with Gasteiger partial charge in [0.2, 0.25) is 0 Å². The molecule has 0 spiro atoms. The lowest BCUT2D eigenvalue weighted by Gasteiger charge is -2.39. The van der Waals surface area contributed by atoms with Crippen LogP contribution in [0.1, 0.15) is 31.7 Å². The maximum Gasteiger partial charge on any atom is 0.317 e. The van der Waals surface area contributed by atoms with Gasteiger partial charge < -0.3 is 19.9 Å². The van der Waals surface area contributed by atoms with E-state index in [1.165, 1.54) is 0 Å². The van der Waals surface area contributed by atoms with Gasteiger partial charge in [-0.3, -0.25) is 0 Å². The first-order valence-electron chi connectivity index (χ1n) is 8.12. The highest BCUT2D eigenvalue weighted by atomic mass is 16.5. The number of aromatic nitrogens is 2. The van der Waals surface area contributed by atoms with Crippen molar-refractivity contribution in [3.8, 4) is 0 Å². The standard InChI is InChI=1S/C17H24N4O2/c1-4-17(3)11-21(8-9-23-17)16(22)18-10-14-19-13-7-5-6-12(2)15(13)20-14/h5-7H,4,8-11H2,1-3H3,(H,18,22)(H,19,20). The summed E-state index contributed by atoms with van der Waals surface area (Å²) in [6, 6.07) is 5.96. The highest BCUT2D eigenvalue weighted by Crippen LogP contribution is 2.21. The Morgan fingerprint density at radius 1 is 1.52 bits per heavy atom. The maximum atomic E-state index is 12.4. The second kappa shape index (κ2) is 6.20. The number of amides is 2. The van der Waals surface area contributed by atoms with E-state index >= 15 is 0 Å². The number of aromatic amines is 1. The number of H-pyrrole nitrogens is 1. The summed E-state index contributed by atoms with van der Waals surface area (Å²) in [5.41, 5.74) is 2.84. The molecule has 2 aromatic rings. The van der Waals surface area contributed by atoms with Crippen LogP contribution in [-0.2, 0) is 11.3 Å². The predicted octanol–water partition coefficient (Wildman–Crippen LogP) is 2.58. The average Bonchev–Trinajstić information content (AvgIpc) is 2.97. The summed E-state index contributed by atoms with van der Waals surface area (Å²) in [5, 5.41) is 2.95. The fraction of sp³-hybridized carbons (Fsp3) is 0.529. The Kier molecular flexibility index (Phi) is 4.26. The maximum absolute atomic E-state index is 12.4. The van der Waals surface area contributed by atoms with Gasteiger partial charge in [0.15, 0.2) is 0 Å². The number of nitrogens with one attached hydrogen (secondary N) is 2. The normalized spacial score (nSPS) is 21.6. The van der Waals surface area contributed by atoms with Gasteiger partial charge in [0.1, 0.15) is 5.82 Å². The van der Waals surface area contributed by atoms with Gasteiger partial charge >= 0.3 is 6.03 Å². The van der Waals surface area contributed by atoms with E-state index in [0.717, 1.165) is 28.8 Å². The monoisotopic (exact) mass is 316 g/mol. The van der Waals surface area contributed by atoms with Crippen LogP contribution in [0.2, 0.25) is 0 Å². The number of urea groups is 1. The number of morpholine rings is 1. The quantitative estimate of drug-likeness (QED) is 0.914. The molecular formula is C17H24N4O2. The molecule has 1 aromatic carbocycles. The van der Waals surface area contributed by atoms with Crippen LogP contribution in [0.3, 0.4) is 0 Å². The number of imidazole rings is 1. The molecule has 1 aliphatic heterocycles. The zero-order valence-corrected chi connectivity index (χ0v) is 14.0. The van der Waals surface area contributed by atoms with Crippen LogP contribution in [0.15, 0.2) is 18.2 Å². The Bertz CT molecular complexity index is 712. The van der Waals surface area contributed by atoms with Crippen LogP contribution < -0.4 is 5.32 Å². The zero-order valence-electron chi connectivity index (χ0n) is 14.0. The molecule has 6 heteroatoms. The Labute approximate surface area is 136 Å². The van der Waals surface area contributed by atoms with Crippen molar-refractivity contribution in [3.05, 3.63) is 29.6 Å². The molecule has 0 aliphatic carbocycles. The molecule has 124 valence electrons. The fourth-order valence-corrected chi connectivity index (χ4v) is 2.90. The minimum atomic E-state index is -0.244. The van der Waals surface area contributed by atoms with Gasteiger partial charge in [-0.25, -0.2) is 9.78 Å². The molecule has 2 N–H and O–H groups in total. The van der Waals surface area contributed by atoms with E-state index in [-0.39, 0.29) is 11.6 Å². The summed E-state index contributed by atoms with van der Waals surface area (Å²) in [7, 11) is 0. The SMILES string of the molecule is CCC1(C)CN(C(=O)NCc2nc3c(C)cccc3[nH]2)CCO1. The van der Waals surface area contributed by atoms with Crippen LogP contribution in [0, 0.1) is 6.92 Å². The summed E-state index contributed by atoms with van der Waals surface area (Å²) in [4.78, 5) is 22.0. The average molecular weight is 316 g/mol. The number of carbonyl (C=O) groups is 1. The van der Waals surface area contributed by atoms with Gasteiger partial charge in [0.05, 0.1) is 36.3 Å². The molecule has 0 saturated carbocycles. The minimum absolute atomic E-state index is 0.0647. The van der Waals surface area contributed by atoms with Gasteiger partial charge in [-0.05, 0) is 31.9 Å². The molecule has 23 heavy (non-hydrogen) atoms. The summed E-state index contributed by atoms with van der Waals surface area (Å²) in [5.74, 6) is 0.772. The number of nitrogens with zero attached hydrogens (tertiary/aromatic N) is 2. The molecule has 1 aromatic heterocycles. The Morgan fingerprint density at radius 2 is 2.35 bits per heavy atom. The van der Waals surface area contributed by atoms with Gasteiger partial charge in [0.25, 0.3) is 0 Å². The molecule has 0 radical (unpaired) electrons. The van der Waals surface area contributed by atoms with Crippen molar-refractivity contribution in [2.75, 3.05) is 19.7 Å². The van der Waals surface area contributed by atoms with Gasteiger partial charge in [0, 0.05) is 6.54 Å². The largest absolute Gasteiger partial charge is 0.372 e. The topological polar surface area (TPSA) is 70.2 Å². The van der Waals surface area contributed by atoms with Gasteiger partial charge in [-0.15, -0.1) is 0 Å². The lowest BCUT2D eigenvalue weighted by molar-refractivity contribution is -0.0872. The first-order chi connectivity index (χ1) is 11.0. The molecule has 2 heterocycles. The van der Waals surface area contributed by atoms with Crippen LogP contribution in [0.5, 0.6) is 0 Å². The third-order valence-corrected chi connectivity index (χ3v) is 4.54. The van der Waals surface area contributed by atoms with Crippen LogP contribution in [0.25, 0.3) is 11.0 Å². The van der Waals surface area contributed by atoms with E-state index < -0.39 is 0 Å². The number of hydrogen-bond donors (Lipinski definition) is 2. The number of aryl methyl sites for hydroxylation is 1. The minimum Gasteiger partial charge on any atom is -0.372 e. The number of hydrogen-bond acceptors (Lipinski definition) is 3. The van der Waals surface area contributed by atoms with E-state index in [1.54, 1.807) is 0 Å². The lowest BCUT2D eigenvalue weighted by atomic mass is 10.0. The van der Waals surface area contributed by atoms with Crippen molar-refractivity contribution < 1.29 is 9.53 Å². The molecule has 1 fully saturated rings. The molecule has 2 amide bonds. The smallest absolute Gasteiger partial charge is 0.317 e. The van der Waals surface area contributed by atoms with Crippen molar-refractivity contribution in [1.29, 1.82) is 0 Å². The molecular weight excluding hydrogens is 292 g/mol. The Balaban J connectivity index is 1.63. The Hall–Kier alpha value is -2.08. The van der Waals surface area contributed by atoms with Crippen LogP contribution >= 0.6 is 0 Å². The number of carbonyl (C=O) groups excluding carboxylic acids is 1. The van der Waals surface area contributed by atoms with E-state index in [0.29, 0.717) is 26.2 Å². The van der Waals surface area contributed by atoms with Crippen LogP contribution in [-0.4, -0.2) is 46.2 Å². The zero-order chi connectivity index (χ0) is 16.4. The number of benzene rings is 1. The van der Waals surface area contributed by atoms with E-state index in [9.17, 15) is 4.79 Å². The lowest BCUT2D eigenvalue weighted by Crippen LogP contribution is -2.54. The van der Waals surface area contributed by atoms with Crippen molar-refractivity contribution in [2.24, 2.45) is 0 Å². The molecule has 1 unspecified atom stereocenters. The predicted molar refractivity (Wildman–Crippen MR) is 89.3 cm³/mol. The highest BCUT2D eigenvalue weighted by molar-refractivity contribution is 5.79. The van der Waals surface area contributed by atoms with Gasteiger partial charge in [-0.1, -0.05) is 19.1 Å². The van der Waals surface area contributed by atoms with E-state index in [4.69, 9.17) is 4.74 Å². The first kappa shape index (κ1) is 15.8. The molecule has 6 nitrogen and oxygen atoms in total. The Morgan fingerprint density at radius 3 is 3.09 bits per heavy atom. The fourth-order valence-electron chi connectivity index (χ4n) is 2.90. The molecule has 1 aliphatic rings. The molecule has 1 atom stereocenters. The molecule has 0 bridgehead atoms. The van der Waals surface area contributed by atoms with Crippen molar-refractivity contribution in [3.63, 3.8) is 0 Å². The van der Waals surface area contributed by atoms with Crippen molar-refractivity contribution in [1.82, 2.24) is 20.2 Å². The summed E-state index contributed by atoms with van der Waals surface area (Å²) in [6.45, 7) is 8.39. The highest BCUT2D eigenvalue weighted by Gasteiger charge is 2.32. The summed E-state index contributed by atoms with van der Waals surface area (Å²) in [6.07, 6.45) is 0.889. The first-order valence-corrected chi connectivity index (χ1v) is 8.12. The van der Waals surface area contributed by atoms with Crippen molar-refractivity contribution >= 4 is 17.1 Å². The number of rotatable bonds is 3. The number of para-hydroxylation sites is 1. The molecule has 1 saturated heterocycles.